The minimum absolute atomic E-state index is 0.230. The van der Waals surface area contributed by atoms with Gasteiger partial charge in [0.15, 0.2) is 0 Å². The minimum atomic E-state index is -1.16. The standard InChI is InChI=1S/C12H17Cl2NOS/c1-3-9(15-4-2)8-17(16)12-10(13)6-5-7-11(12)14/h5-7,9,15H,3-4,8H2,1-2H3. The van der Waals surface area contributed by atoms with Gasteiger partial charge in [-0.05, 0) is 25.1 Å². The Morgan fingerprint density at radius 1 is 1.29 bits per heavy atom. The Morgan fingerprint density at radius 2 is 1.88 bits per heavy atom. The van der Waals surface area contributed by atoms with Crippen molar-refractivity contribution < 1.29 is 4.21 Å². The number of hydrogen-bond donors (Lipinski definition) is 1. The van der Waals surface area contributed by atoms with E-state index in [1.165, 1.54) is 0 Å². The molecule has 0 saturated heterocycles. The van der Waals surface area contributed by atoms with Crippen molar-refractivity contribution in [2.75, 3.05) is 12.3 Å². The average molecular weight is 294 g/mol. The first-order valence-corrected chi connectivity index (χ1v) is 7.73. The number of nitrogens with one attached hydrogen (secondary N) is 1. The zero-order chi connectivity index (χ0) is 12.8. The summed E-state index contributed by atoms with van der Waals surface area (Å²) in [5, 5.41) is 4.24. The SMILES string of the molecule is CCNC(CC)CS(=O)c1c(Cl)cccc1Cl. The maximum Gasteiger partial charge on any atom is 0.0760 e. The van der Waals surface area contributed by atoms with E-state index in [0.29, 0.717) is 20.7 Å². The van der Waals surface area contributed by atoms with Gasteiger partial charge in [-0.3, -0.25) is 4.21 Å². The van der Waals surface area contributed by atoms with Gasteiger partial charge in [-0.25, -0.2) is 0 Å². The van der Waals surface area contributed by atoms with E-state index in [0.717, 1.165) is 13.0 Å². The van der Waals surface area contributed by atoms with Gasteiger partial charge in [0.2, 0.25) is 0 Å². The largest absolute Gasteiger partial charge is 0.313 e. The molecule has 2 unspecified atom stereocenters. The fraction of sp³-hybridized carbons (Fsp3) is 0.500. The van der Waals surface area contributed by atoms with Gasteiger partial charge in [0.1, 0.15) is 0 Å². The van der Waals surface area contributed by atoms with Crippen molar-refractivity contribution >= 4 is 34.0 Å². The Bertz CT molecular complexity index is 378. The molecule has 1 aromatic carbocycles. The second kappa shape index (κ2) is 7.37. The molecule has 0 aliphatic rings. The molecule has 96 valence electrons. The van der Waals surface area contributed by atoms with Crippen molar-refractivity contribution in [3.05, 3.63) is 28.2 Å². The van der Waals surface area contributed by atoms with E-state index in [1.807, 2.05) is 6.92 Å². The summed E-state index contributed by atoms with van der Waals surface area (Å²) < 4.78 is 12.2. The van der Waals surface area contributed by atoms with Crippen LogP contribution >= 0.6 is 23.2 Å². The Kier molecular flexibility index (Phi) is 6.49. The monoisotopic (exact) mass is 293 g/mol. The summed E-state index contributed by atoms with van der Waals surface area (Å²) >= 11 is 12.1. The molecule has 5 heteroatoms. The lowest BCUT2D eigenvalue weighted by molar-refractivity contribution is 0.553. The van der Waals surface area contributed by atoms with Crippen molar-refractivity contribution in [2.45, 2.75) is 31.2 Å². The van der Waals surface area contributed by atoms with Gasteiger partial charge in [-0.1, -0.05) is 43.1 Å². The summed E-state index contributed by atoms with van der Waals surface area (Å²) in [6.45, 7) is 4.97. The molecule has 0 spiro atoms. The summed E-state index contributed by atoms with van der Waals surface area (Å²) in [4.78, 5) is 0.548. The van der Waals surface area contributed by atoms with Crippen LogP contribution in [-0.4, -0.2) is 22.5 Å². The van der Waals surface area contributed by atoms with Gasteiger partial charge in [-0.15, -0.1) is 0 Å². The lowest BCUT2D eigenvalue weighted by Crippen LogP contribution is -2.33. The number of halogens is 2. The lowest BCUT2D eigenvalue weighted by atomic mass is 10.2. The fourth-order valence-electron chi connectivity index (χ4n) is 1.58. The van der Waals surface area contributed by atoms with Crippen LogP contribution in [0.1, 0.15) is 20.3 Å². The van der Waals surface area contributed by atoms with Crippen molar-refractivity contribution in [3.63, 3.8) is 0 Å². The Morgan fingerprint density at radius 3 is 2.35 bits per heavy atom. The quantitative estimate of drug-likeness (QED) is 0.870. The van der Waals surface area contributed by atoms with Gasteiger partial charge < -0.3 is 5.32 Å². The molecule has 0 aromatic heterocycles. The zero-order valence-corrected chi connectivity index (χ0v) is 12.3. The summed E-state index contributed by atoms with van der Waals surface area (Å²) in [5.41, 5.74) is 0. The predicted molar refractivity (Wildman–Crippen MR) is 75.5 cm³/mol. The minimum Gasteiger partial charge on any atom is -0.313 e. The summed E-state index contributed by atoms with van der Waals surface area (Å²) in [6.07, 6.45) is 0.932. The first-order chi connectivity index (χ1) is 8.10. The van der Waals surface area contributed by atoms with E-state index in [1.54, 1.807) is 18.2 Å². The van der Waals surface area contributed by atoms with Crippen LogP contribution in [0.2, 0.25) is 10.0 Å². The van der Waals surface area contributed by atoms with Gasteiger partial charge in [0.05, 0.1) is 25.7 Å². The summed E-state index contributed by atoms with van der Waals surface area (Å²) in [5.74, 6) is 0.536. The highest BCUT2D eigenvalue weighted by Crippen LogP contribution is 2.28. The molecule has 0 amide bonds. The molecule has 0 radical (unpaired) electrons. The highest BCUT2D eigenvalue weighted by Gasteiger charge is 2.16. The van der Waals surface area contributed by atoms with E-state index in [2.05, 4.69) is 12.2 Å². The molecule has 2 atom stereocenters. The molecule has 1 aromatic rings. The van der Waals surface area contributed by atoms with Gasteiger partial charge in [0.25, 0.3) is 0 Å². The number of hydrogen-bond acceptors (Lipinski definition) is 2. The highest BCUT2D eigenvalue weighted by molar-refractivity contribution is 7.85. The zero-order valence-electron chi connectivity index (χ0n) is 10.0. The maximum atomic E-state index is 12.2. The van der Waals surface area contributed by atoms with Crippen LogP contribution in [-0.2, 0) is 10.8 Å². The summed E-state index contributed by atoms with van der Waals surface area (Å²) in [6, 6.07) is 5.42. The Labute approximate surface area is 115 Å². The first kappa shape index (κ1) is 15.0. The van der Waals surface area contributed by atoms with Crippen LogP contribution in [0.5, 0.6) is 0 Å². The molecule has 0 aliphatic carbocycles. The summed E-state index contributed by atoms with van der Waals surface area (Å²) in [7, 11) is -1.16. The third-order valence-corrected chi connectivity index (χ3v) is 4.94. The Balaban J connectivity index is 2.82. The number of benzene rings is 1. The third-order valence-electron chi connectivity index (χ3n) is 2.48. The van der Waals surface area contributed by atoms with Crippen molar-refractivity contribution in [2.24, 2.45) is 0 Å². The van der Waals surface area contributed by atoms with Crippen LogP contribution in [0, 0.1) is 0 Å². The molecular weight excluding hydrogens is 277 g/mol. The van der Waals surface area contributed by atoms with Gasteiger partial charge in [0, 0.05) is 11.8 Å². The van der Waals surface area contributed by atoms with E-state index in [4.69, 9.17) is 23.2 Å². The maximum absolute atomic E-state index is 12.2. The van der Waals surface area contributed by atoms with Crippen molar-refractivity contribution in [3.8, 4) is 0 Å². The second-order valence-electron chi connectivity index (χ2n) is 3.73. The molecule has 0 aliphatic heterocycles. The van der Waals surface area contributed by atoms with Crippen LogP contribution in [0.4, 0.5) is 0 Å². The van der Waals surface area contributed by atoms with E-state index in [-0.39, 0.29) is 6.04 Å². The van der Waals surface area contributed by atoms with Gasteiger partial charge >= 0.3 is 0 Å². The fourth-order valence-corrected chi connectivity index (χ4v) is 3.95. The van der Waals surface area contributed by atoms with Crippen molar-refractivity contribution in [1.82, 2.24) is 5.32 Å². The van der Waals surface area contributed by atoms with E-state index >= 15 is 0 Å². The molecule has 0 fully saturated rings. The van der Waals surface area contributed by atoms with E-state index in [9.17, 15) is 4.21 Å². The normalized spacial score (nSPS) is 14.6. The average Bonchev–Trinajstić information content (AvgIpc) is 2.28. The third kappa shape index (κ3) is 4.25. The van der Waals surface area contributed by atoms with Crippen molar-refractivity contribution in [1.29, 1.82) is 0 Å². The highest BCUT2D eigenvalue weighted by atomic mass is 35.5. The van der Waals surface area contributed by atoms with Crippen LogP contribution in [0.15, 0.2) is 23.1 Å². The molecule has 0 saturated carbocycles. The molecule has 0 heterocycles. The predicted octanol–water partition coefficient (Wildman–Crippen LogP) is 3.49. The van der Waals surface area contributed by atoms with Gasteiger partial charge in [-0.2, -0.15) is 0 Å². The van der Waals surface area contributed by atoms with Crippen LogP contribution in [0.25, 0.3) is 0 Å². The molecule has 1 N–H and O–H groups in total. The topological polar surface area (TPSA) is 29.1 Å². The molecule has 17 heavy (non-hydrogen) atoms. The molecule has 1 rings (SSSR count). The first-order valence-electron chi connectivity index (χ1n) is 5.65. The van der Waals surface area contributed by atoms with E-state index < -0.39 is 10.8 Å². The second-order valence-corrected chi connectivity index (χ2v) is 5.97. The Hall–Kier alpha value is -0.0900. The van der Waals surface area contributed by atoms with Crippen LogP contribution in [0.3, 0.4) is 0 Å². The molecule has 0 bridgehead atoms. The number of rotatable bonds is 6. The van der Waals surface area contributed by atoms with Crippen LogP contribution < -0.4 is 5.32 Å². The smallest absolute Gasteiger partial charge is 0.0760 e. The molecular formula is C12H17Cl2NOS. The molecule has 2 nitrogen and oxygen atoms in total. The lowest BCUT2D eigenvalue weighted by Gasteiger charge is -2.16.